The highest BCUT2D eigenvalue weighted by molar-refractivity contribution is 4.60. The standard InChI is InChI=1S/C6H12/c1-4-5-6(2)3/h6H,2-5H2,1H3. The normalized spacial score (nSPS) is 10.0. The molecule has 0 unspecified atom stereocenters. The fourth-order valence-corrected chi connectivity index (χ4v) is 0.408. The van der Waals surface area contributed by atoms with Crippen molar-refractivity contribution in [2.75, 3.05) is 0 Å². The minimum absolute atomic E-state index is 0.398. The fraction of sp³-hybridized carbons (Fsp3) is 0.667. The number of rotatable bonds is 2. The van der Waals surface area contributed by atoms with Crippen LogP contribution in [0.1, 0.15) is 19.8 Å². The van der Waals surface area contributed by atoms with Gasteiger partial charge in [0.2, 0.25) is 0 Å². The van der Waals surface area contributed by atoms with Gasteiger partial charge in [-0.15, -0.1) is 0 Å². The summed E-state index contributed by atoms with van der Waals surface area (Å²) in [6.45, 7) is 9.58. The molecule has 0 heteroatoms. The van der Waals surface area contributed by atoms with Crippen LogP contribution in [0.25, 0.3) is 0 Å². The van der Waals surface area contributed by atoms with Crippen molar-refractivity contribution < 1.29 is 0 Å². The molecule has 0 nitrogen and oxygen atoms in total. The molecule has 0 saturated heterocycles. The number of hydrogen-bond acceptors (Lipinski definition) is 0. The van der Waals surface area contributed by atoms with E-state index in [1.54, 1.807) is 0 Å². The van der Waals surface area contributed by atoms with E-state index in [4.69, 9.17) is 0 Å². The van der Waals surface area contributed by atoms with Crippen LogP contribution in [-0.4, -0.2) is 0 Å². The molecule has 0 aliphatic carbocycles. The summed E-state index contributed by atoms with van der Waals surface area (Å²) in [6.07, 6.45) is 2.36. The van der Waals surface area contributed by atoms with Crippen LogP contribution in [0.15, 0.2) is 0 Å². The zero-order chi connectivity index (χ0) is 4.99. The SMILES string of the molecule is [CH2]C([CH2])CCC. The second kappa shape index (κ2) is 3.20. The Balaban J connectivity index is 2.63. The van der Waals surface area contributed by atoms with Gasteiger partial charge in [-0.2, -0.15) is 0 Å². The van der Waals surface area contributed by atoms with Crippen molar-refractivity contribution >= 4 is 0 Å². The van der Waals surface area contributed by atoms with Gasteiger partial charge in [-0.05, 0) is 5.92 Å². The number of hydrogen-bond donors (Lipinski definition) is 0. The van der Waals surface area contributed by atoms with Crippen LogP contribution in [0.3, 0.4) is 0 Å². The minimum Gasteiger partial charge on any atom is -0.0654 e. The first-order chi connectivity index (χ1) is 2.77. The van der Waals surface area contributed by atoms with E-state index in [9.17, 15) is 0 Å². The molecule has 0 spiro atoms. The lowest BCUT2D eigenvalue weighted by atomic mass is 10.1. The first-order valence-electron chi connectivity index (χ1n) is 2.43. The van der Waals surface area contributed by atoms with Gasteiger partial charge in [-0.25, -0.2) is 0 Å². The third-order valence-corrected chi connectivity index (χ3v) is 0.697. The summed E-state index contributed by atoms with van der Waals surface area (Å²) in [6, 6.07) is 0. The van der Waals surface area contributed by atoms with Crippen molar-refractivity contribution in [3.63, 3.8) is 0 Å². The molecule has 36 valence electrons. The first kappa shape index (κ1) is 6.00. The van der Waals surface area contributed by atoms with Gasteiger partial charge in [0.1, 0.15) is 0 Å². The molecule has 0 amide bonds. The van der Waals surface area contributed by atoms with Crippen LogP contribution >= 0.6 is 0 Å². The molecular weight excluding hydrogens is 72.1 g/mol. The smallest absolute Gasteiger partial charge is 0.0414 e. The fourth-order valence-electron chi connectivity index (χ4n) is 0.408. The van der Waals surface area contributed by atoms with Crippen LogP contribution < -0.4 is 0 Å². The van der Waals surface area contributed by atoms with E-state index >= 15 is 0 Å². The lowest BCUT2D eigenvalue weighted by Gasteiger charge is -1.95. The van der Waals surface area contributed by atoms with Crippen LogP contribution in [0.4, 0.5) is 0 Å². The second-order valence-corrected chi connectivity index (χ2v) is 1.65. The highest BCUT2D eigenvalue weighted by Gasteiger charge is 1.86. The molecular formula is C6H12. The molecule has 0 aliphatic heterocycles. The Morgan fingerprint density at radius 1 is 1.50 bits per heavy atom. The van der Waals surface area contributed by atoms with Gasteiger partial charge in [-0.3, -0.25) is 0 Å². The maximum absolute atomic E-state index is 3.72. The summed E-state index contributed by atoms with van der Waals surface area (Å²) in [4.78, 5) is 0. The monoisotopic (exact) mass is 84.1 g/mol. The summed E-state index contributed by atoms with van der Waals surface area (Å²) >= 11 is 0. The molecule has 0 atom stereocenters. The zero-order valence-corrected chi connectivity index (χ0v) is 4.41. The van der Waals surface area contributed by atoms with E-state index in [1.165, 1.54) is 6.42 Å². The average Bonchev–Trinajstić information content (AvgIpc) is 1.35. The summed E-state index contributed by atoms with van der Waals surface area (Å²) in [7, 11) is 0. The average molecular weight is 84.2 g/mol. The van der Waals surface area contributed by atoms with Crippen molar-refractivity contribution in [1.82, 2.24) is 0 Å². The van der Waals surface area contributed by atoms with E-state index in [-0.39, 0.29) is 0 Å². The van der Waals surface area contributed by atoms with Gasteiger partial charge in [0.25, 0.3) is 0 Å². The summed E-state index contributed by atoms with van der Waals surface area (Å²) in [5.74, 6) is 0.398. The lowest BCUT2D eigenvalue weighted by Crippen LogP contribution is -1.82. The van der Waals surface area contributed by atoms with Crippen molar-refractivity contribution in [3.05, 3.63) is 13.8 Å². The van der Waals surface area contributed by atoms with Gasteiger partial charge in [0.05, 0.1) is 0 Å². The van der Waals surface area contributed by atoms with E-state index in [1.807, 2.05) is 0 Å². The van der Waals surface area contributed by atoms with Crippen LogP contribution in [0.5, 0.6) is 0 Å². The Morgan fingerprint density at radius 2 is 2.00 bits per heavy atom. The Labute approximate surface area is 40.6 Å². The summed E-state index contributed by atoms with van der Waals surface area (Å²) in [5, 5.41) is 0. The Morgan fingerprint density at radius 3 is 2.00 bits per heavy atom. The molecule has 0 bridgehead atoms. The molecule has 0 N–H and O–H groups in total. The largest absolute Gasteiger partial charge is 0.0654 e. The maximum atomic E-state index is 3.72. The molecule has 0 saturated carbocycles. The van der Waals surface area contributed by atoms with E-state index in [0.29, 0.717) is 5.92 Å². The van der Waals surface area contributed by atoms with E-state index in [2.05, 4.69) is 20.8 Å². The second-order valence-electron chi connectivity index (χ2n) is 1.65. The van der Waals surface area contributed by atoms with Crippen LogP contribution in [0, 0.1) is 19.8 Å². The first-order valence-corrected chi connectivity index (χ1v) is 2.43. The highest BCUT2D eigenvalue weighted by Crippen LogP contribution is 1.99. The van der Waals surface area contributed by atoms with Gasteiger partial charge in [0.15, 0.2) is 0 Å². The molecule has 0 aliphatic rings. The summed E-state index contributed by atoms with van der Waals surface area (Å²) < 4.78 is 0. The third-order valence-electron chi connectivity index (χ3n) is 0.697. The zero-order valence-electron chi connectivity index (χ0n) is 4.41. The van der Waals surface area contributed by atoms with Gasteiger partial charge in [-0.1, -0.05) is 33.6 Å². The van der Waals surface area contributed by atoms with Gasteiger partial charge < -0.3 is 0 Å². The molecule has 0 fully saturated rings. The Hall–Kier alpha value is 0. The van der Waals surface area contributed by atoms with Gasteiger partial charge >= 0.3 is 0 Å². The molecule has 0 rings (SSSR count). The molecule has 0 aromatic rings. The molecule has 0 aromatic heterocycles. The third kappa shape index (κ3) is 4.00. The topological polar surface area (TPSA) is 0 Å². The van der Waals surface area contributed by atoms with Crippen molar-refractivity contribution in [2.24, 2.45) is 5.92 Å². The quantitative estimate of drug-likeness (QED) is 0.480. The molecule has 0 heterocycles. The van der Waals surface area contributed by atoms with Crippen molar-refractivity contribution in [3.8, 4) is 0 Å². The molecule has 2 radical (unpaired) electrons. The molecule has 0 aromatic carbocycles. The Bertz CT molecular complexity index is 21.2. The Kier molecular flexibility index (Phi) is 3.20. The van der Waals surface area contributed by atoms with Crippen LogP contribution in [0.2, 0.25) is 0 Å². The maximum Gasteiger partial charge on any atom is -0.0414 e. The van der Waals surface area contributed by atoms with Gasteiger partial charge in [0, 0.05) is 0 Å². The summed E-state index contributed by atoms with van der Waals surface area (Å²) in [5.41, 5.74) is 0. The van der Waals surface area contributed by atoms with Crippen molar-refractivity contribution in [2.45, 2.75) is 19.8 Å². The van der Waals surface area contributed by atoms with E-state index in [0.717, 1.165) is 6.42 Å². The predicted octanol–water partition coefficient (Wildman–Crippen LogP) is 2.07. The van der Waals surface area contributed by atoms with Crippen LogP contribution in [-0.2, 0) is 0 Å². The molecule has 6 heavy (non-hydrogen) atoms. The minimum atomic E-state index is 0.398. The van der Waals surface area contributed by atoms with E-state index < -0.39 is 0 Å². The highest BCUT2D eigenvalue weighted by atomic mass is 13.9. The predicted molar refractivity (Wildman–Crippen MR) is 29.1 cm³/mol. The lowest BCUT2D eigenvalue weighted by molar-refractivity contribution is 0.684. The van der Waals surface area contributed by atoms with Crippen molar-refractivity contribution in [1.29, 1.82) is 0 Å².